The van der Waals surface area contributed by atoms with Gasteiger partial charge in [0.15, 0.2) is 5.69 Å². The molecule has 1 atom stereocenters. The number of carbonyl (C=O) groups is 1. The molecule has 0 aromatic carbocycles. The molecular weight excluding hydrogens is 196 g/mol. The first kappa shape index (κ1) is 11.5. The van der Waals surface area contributed by atoms with Crippen LogP contribution in [0, 0.1) is 5.92 Å². The Kier molecular flexibility index (Phi) is 4.05. The van der Waals surface area contributed by atoms with Gasteiger partial charge in [-0.1, -0.05) is 13.0 Å². The Morgan fingerprint density at radius 2 is 2.33 bits per heavy atom. The first-order valence-electron chi connectivity index (χ1n) is 4.68. The zero-order valence-corrected chi connectivity index (χ0v) is 8.47. The number of aliphatic hydroxyl groups is 1. The summed E-state index contributed by atoms with van der Waals surface area (Å²) < 4.78 is 0. The highest BCUT2D eigenvalue weighted by Gasteiger charge is 2.05. The number of aromatic carboxylic acids is 1. The van der Waals surface area contributed by atoms with Crippen LogP contribution >= 0.6 is 0 Å². The van der Waals surface area contributed by atoms with Crippen LogP contribution in [0.15, 0.2) is 18.2 Å². The molecule has 1 rings (SSSR count). The Hall–Kier alpha value is -1.62. The van der Waals surface area contributed by atoms with E-state index in [1.165, 1.54) is 6.07 Å². The molecule has 0 aliphatic heterocycles. The summed E-state index contributed by atoms with van der Waals surface area (Å²) in [6.07, 6.45) is 0. The van der Waals surface area contributed by atoms with E-state index >= 15 is 0 Å². The first-order valence-corrected chi connectivity index (χ1v) is 4.68. The molecule has 0 saturated carbocycles. The van der Waals surface area contributed by atoms with Crippen molar-refractivity contribution in [2.45, 2.75) is 6.92 Å². The van der Waals surface area contributed by atoms with Gasteiger partial charge in [-0.3, -0.25) is 0 Å². The predicted octanol–water partition coefficient (Wildman–Crippen LogP) is 0.820. The van der Waals surface area contributed by atoms with Crippen LogP contribution in [0.4, 0.5) is 5.82 Å². The molecule has 0 saturated heterocycles. The fraction of sp³-hybridized carbons (Fsp3) is 0.400. The topological polar surface area (TPSA) is 82.5 Å². The maximum atomic E-state index is 10.6. The van der Waals surface area contributed by atoms with Crippen LogP contribution in [-0.2, 0) is 0 Å². The highest BCUT2D eigenvalue weighted by Crippen LogP contribution is 2.05. The number of nitrogens with zero attached hydrogens (tertiary/aromatic N) is 1. The Morgan fingerprint density at radius 1 is 1.60 bits per heavy atom. The van der Waals surface area contributed by atoms with Gasteiger partial charge >= 0.3 is 5.97 Å². The molecular formula is C10H14N2O3. The molecule has 0 bridgehead atoms. The maximum absolute atomic E-state index is 10.6. The molecule has 3 N–H and O–H groups in total. The zero-order valence-electron chi connectivity index (χ0n) is 8.47. The molecule has 0 aliphatic carbocycles. The molecule has 1 unspecified atom stereocenters. The van der Waals surface area contributed by atoms with Gasteiger partial charge in [0.05, 0.1) is 0 Å². The molecule has 1 aromatic rings. The van der Waals surface area contributed by atoms with E-state index in [1.54, 1.807) is 12.1 Å². The van der Waals surface area contributed by atoms with Gasteiger partial charge in [0.2, 0.25) is 0 Å². The van der Waals surface area contributed by atoms with Gasteiger partial charge in [0, 0.05) is 13.2 Å². The number of carboxylic acid groups (broad SMARTS) is 1. The number of anilines is 1. The van der Waals surface area contributed by atoms with E-state index in [1.807, 2.05) is 6.92 Å². The molecule has 5 heteroatoms. The molecule has 0 fully saturated rings. The minimum atomic E-state index is -1.05. The number of hydrogen-bond acceptors (Lipinski definition) is 4. The van der Waals surface area contributed by atoms with Crippen molar-refractivity contribution in [1.29, 1.82) is 0 Å². The monoisotopic (exact) mass is 210 g/mol. The SMILES string of the molecule is CC(CO)CNc1cccc(C(=O)O)n1. The highest BCUT2D eigenvalue weighted by atomic mass is 16.4. The van der Waals surface area contributed by atoms with Gasteiger partial charge in [-0.15, -0.1) is 0 Å². The summed E-state index contributed by atoms with van der Waals surface area (Å²) in [5.41, 5.74) is 0.0108. The second-order valence-electron chi connectivity index (χ2n) is 3.38. The zero-order chi connectivity index (χ0) is 11.3. The number of nitrogens with one attached hydrogen (secondary N) is 1. The van der Waals surface area contributed by atoms with Gasteiger partial charge in [-0.25, -0.2) is 9.78 Å². The normalized spacial score (nSPS) is 12.1. The van der Waals surface area contributed by atoms with E-state index in [-0.39, 0.29) is 18.2 Å². The minimum absolute atomic E-state index is 0.0108. The van der Waals surface area contributed by atoms with E-state index < -0.39 is 5.97 Å². The van der Waals surface area contributed by atoms with Crippen LogP contribution in [0.5, 0.6) is 0 Å². The van der Waals surface area contributed by atoms with Gasteiger partial charge in [0.25, 0.3) is 0 Å². The van der Waals surface area contributed by atoms with Crippen LogP contribution in [0.25, 0.3) is 0 Å². The molecule has 1 heterocycles. The summed E-state index contributed by atoms with van der Waals surface area (Å²) in [5.74, 6) is -0.427. The highest BCUT2D eigenvalue weighted by molar-refractivity contribution is 5.85. The molecule has 5 nitrogen and oxygen atoms in total. The van der Waals surface area contributed by atoms with Crippen molar-refractivity contribution in [2.75, 3.05) is 18.5 Å². The third-order valence-corrected chi connectivity index (χ3v) is 1.91. The van der Waals surface area contributed by atoms with Crippen molar-refractivity contribution in [3.63, 3.8) is 0 Å². The fourth-order valence-corrected chi connectivity index (χ4v) is 0.996. The van der Waals surface area contributed by atoms with Gasteiger partial charge in [-0.05, 0) is 18.1 Å². The average Bonchev–Trinajstić information content (AvgIpc) is 2.26. The summed E-state index contributed by atoms with van der Waals surface area (Å²) in [4.78, 5) is 14.5. The van der Waals surface area contributed by atoms with Crippen LogP contribution in [0.3, 0.4) is 0 Å². The lowest BCUT2D eigenvalue weighted by molar-refractivity contribution is 0.0690. The van der Waals surface area contributed by atoms with Crippen molar-refractivity contribution in [3.05, 3.63) is 23.9 Å². The lowest BCUT2D eigenvalue weighted by Crippen LogP contribution is -2.15. The first-order chi connectivity index (χ1) is 7.13. The number of rotatable bonds is 5. The second-order valence-corrected chi connectivity index (χ2v) is 3.38. The van der Waals surface area contributed by atoms with Crippen molar-refractivity contribution in [3.8, 4) is 0 Å². The van der Waals surface area contributed by atoms with E-state index in [9.17, 15) is 4.79 Å². The summed E-state index contributed by atoms with van der Waals surface area (Å²) in [6.45, 7) is 2.53. The van der Waals surface area contributed by atoms with E-state index in [0.717, 1.165) is 0 Å². The molecule has 15 heavy (non-hydrogen) atoms. The van der Waals surface area contributed by atoms with Crippen LogP contribution in [0.2, 0.25) is 0 Å². The van der Waals surface area contributed by atoms with Crippen molar-refractivity contribution in [1.82, 2.24) is 4.98 Å². The summed E-state index contributed by atoms with van der Waals surface area (Å²) in [6, 6.07) is 4.75. The van der Waals surface area contributed by atoms with E-state index in [4.69, 9.17) is 10.2 Å². The average molecular weight is 210 g/mol. The van der Waals surface area contributed by atoms with Gasteiger partial charge in [-0.2, -0.15) is 0 Å². The molecule has 1 aromatic heterocycles. The summed E-state index contributed by atoms with van der Waals surface area (Å²) in [7, 11) is 0. The third-order valence-electron chi connectivity index (χ3n) is 1.91. The van der Waals surface area contributed by atoms with E-state index in [2.05, 4.69) is 10.3 Å². The van der Waals surface area contributed by atoms with Gasteiger partial charge < -0.3 is 15.5 Å². The largest absolute Gasteiger partial charge is 0.477 e. The standard InChI is InChI=1S/C10H14N2O3/c1-7(6-13)5-11-9-4-2-3-8(12-9)10(14)15/h2-4,7,13H,5-6H2,1H3,(H,11,12)(H,14,15). The Labute approximate surface area is 87.8 Å². The Bertz CT molecular complexity index is 341. The minimum Gasteiger partial charge on any atom is -0.477 e. The molecule has 0 radical (unpaired) electrons. The summed E-state index contributed by atoms with van der Waals surface area (Å²) >= 11 is 0. The quantitative estimate of drug-likeness (QED) is 0.670. The van der Waals surface area contributed by atoms with E-state index in [0.29, 0.717) is 12.4 Å². The third kappa shape index (κ3) is 3.55. The second kappa shape index (κ2) is 5.31. The number of pyridine rings is 1. The van der Waals surface area contributed by atoms with Crippen molar-refractivity contribution >= 4 is 11.8 Å². The number of hydrogen-bond donors (Lipinski definition) is 3. The Morgan fingerprint density at radius 3 is 2.93 bits per heavy atom. The lowest BCUT2D eigenvalue weighted by atomic mass is 10.2. The molecule has 82 valence electrons. The van der Waals surface area contributed by atoms with Crippen LogP contribution < -0.4 is 5.32 Å². The lowest BCUT2D eigenvalue weighted by Gasteiger charge is -2.10. The smallest absolute Gasteiger partial charge is 0.354 e. The Balaban J connectivity index is 2.62. The fourth-order valence-electron chi connectivity index (χ4n) is 0.996. The van der Waals surface area contributed by atoms with Crippen molar-refractivity contribution < 1.29 is 15.0 Å². The molecule has 0 spiro atoms. The van der Waals surface area contributed by atoms with Gasteiger partial charge in [0.1, 0.15) is 5.82 Å². The van der Waals surface area contributed by atoms with Crippen LogP contribution in [0.1, 0.15) is 17.4 Å². The maximum Gasteiger partial charge on any atom is 0.354 e. The predicted molar refractivity (Wildman–Crippen MR) is 55.9 cm³/mol. The van der Waals surface area contributed by atoms with Crippen molar-refractivity contribution in [2.24, 2.45) is 5.92 Å². The number of aromatic nitrogens is 1. The number of carboxylic acids is 1. The summed E-state index contributed by atoms with van der Waals surface area (Å²) in [5, 5.41) is 20.5. The molecule has 0 aliphatic rings. The molecule has 0 amide bonds. The number of aliphatic hydroxyl groups excluding tert-OH is 1. The van der Waals surface area contributed by atoms with Crippen LogP contribution in [-0.4, -0.2) is 34.3 Å².